The fraction of sp³-hybridized carbons (Fsp3) is 0.179. The van der Waals surface area contributed by atoms with Gasteiger partial charge in [0.15, 0.2) is 11.5 Å². The van der Waals surface area contributed by atoms with Crippen molar-refractivity contribution in [3.8, 4) is 11.5 Å². The number of nitrogens with one attached hydrogen (secondary N) is 1. The SMILES string of the molecule is CCOc1cc(/C=C2/SC(=O)N(CC(=O)Nc3cc(Cl)ccc3C)C2=O)cc(Br)c1OCc1ccccc1. The van der Waals surface area contributed by atoms with Crippen molar-refractivity contribution in [3.05, 3.63) is 91.8 Å². The number of carbonyl (C=O) groups excluding carboxylic acids is 3. The summed E-state index contributed by atoms with van der Waals surface area (Å²) < 4.78 is 12.4. The number of ether oxygens (including phenoxy) is 2. The van der Waals surface area contributed by atoms with Crippen LogP contribution in [0.15, 0.2) is 70.0 Å². The Kier molecular flexibility index (Phi) is 9.14. The summed E-state index contributed by atoms with van der Waals surface area (Å²) in [4.78, 5) is 39.3. The van der Waals surface area contributed by atoms with Crippen LogP contribution in [0.3, 0.4) is 0 Å². The van der Waals surface area contributed by atoms with Crippen LogP contribution in [0.1, 0.15) is 23.6 Å². The summed E-state index contributed by atoms with van der Waals surface area (Å²) in [6.07, 6.45) is 1.60. The maximum atomic E-state index is 13.0. The molecular formula is C28H24BrClN2O5S. The van der Waals surface area contributed by atoms with E-state index in [1.54, 1.807) is 36.4 Å². The number of halogens is 2. The summed E-state index contributed by atoms with van der Waals surface area (Å²) in [5.41, 5.74) is 2.97. The van der Waals surface area contributed by atoms with Gasteiger partial charge in [0.05, 0.1) is 16.0 Å². The summed E-state index contributed by atoms with van der Waals surface area (Å²) in [5.74, 6) is -0.00912. The molecule has 1 aliphatic heterocycles. The van der Waals surface area contributed by atoms with Gasteiger partial charge < -0.3 is 14.8 Å². The van der Waals surface area contributed by atoms with Crippen molar-refractivity contribution in [1.29, 1.82) is 0 Å². The Morgan fingerprint density at radius 2 is 1.87 bits per heavy atom. The Bertz CT molecular complexity index is 1410. The predicted molar refractivity (Wildman–Crippen MR) is 154 cm³/mol. The zero-order chi connectivity index (χ0) is 27.2. The van der Waals surface area contributed by atoms with Crippen molar-refractivity contribution < 1.29 is 23.9 Å². The van der Waals surface area contributed by atoms with Crippen LogP contribution < -0.4 is 14.8 Å². The highest BCUT2D eigenvalue weighted by Gasteiger charge is 2.36. The molecule has 0 radical (unpaired) electrons. The van der Waals surface area contributed by atoms with Crippen LogP contribution in [0, 0.1) is 6.92 Å². The third-order valence-corrected chi connectivity index (χ3v) is 7.24. The van der Waals surface area contributed by atoms with E-state index in [9.17, 15) is 14.4 Å². The molecule has 0 aliphatic carbocycles. The first kappa shape index (κ1) is 27.8. The molecule has 196 valence electrons. The topological polar surface area (TPSA) is 84.9 Å². The van der Waals surface area contributed by atoms with E-state index in [0.717, 1.165) is 27.8 Å². The third kappa shape index (κ3) is 6.78. The van der Waals surface area contributed by atoms with Gasteiger partial charge in [0, 0.05) is 10.7 Å². The highest BCUT2D eigenvalue weighted by atomic mass is 79.9. The second-order valence-electron chi connectivity index (χ2n) is 8.31. The van der Waals surface area contributed by atoms with E-state index in [-0.39, 0.29) is 4.91 Å². The number of hydrogen-bond donors (Lipinski definition) is 1. The van der Waals surface area contributed by atoms with Gasteiger partial charge in [-0.25, -0.2) is 0 Å². The Morgan fingerprint density at radius 3 is 2.61 bits per heavy atom. The van der Waals surface area contributed by atoms with Crippen molar-refractivity contribution >= 4 is 68.1 Å². The molecule has 3 amide bonds. The number of amides is 3. The molecular weight excluding hydrogens is 592 g/mol. The first-order valence-corrected chi connectivity index (χ1v) is 13.7. The van der Waals surface area contributed by atoms with Crippen LogP contribution in [0.4, 0.5) is 10.5 Å². The van der Waals surface area contributed by atoms with E-state index in [4.69, 9.17) is 21.1 Å². The average molecular weight is 616 g/mol. The zero-order valence-electron chi connectivity index (χ0n) is 20.6. The summed E-state index contributed by atoms with van der Waals surface area (Å²) in [6, 6.07) is 18.4. The normalized spacial score (nSPS) is 14.2. The lowest BCUT2D eigenvalue weighted by molar-refractivity contribution is -0.127. The van der Waals surface area contributed by atoms with Gasteiger partial charge in [0.1, 0.15) is 13.2 Å². The van der Waals surface area contributed by atoms with Crippen molar-refractivity contribution in [2.75, 3.05) is 18.5 Å². The Balaban J connectivity index is 1.49. The van der Waals surface area contributed by atoms with Crippen LogP contribution in [0.25, 0.3) is 6.08 Å². The molecule has 1 aliphatic rings. The molecule has 1 heterocycles. The third-order valence-electron chi connectivity index (χ3n) is 5.50. The molecule has 0 bridgehead atoms. The fourth-order valence-corrected chi connectivity index (χ4v) is 5.24. The second kappa shape index (κ2) is 12.5. The summed E-state index contributed by atoms with van der Waals surface area (Å²) in [5, 5.41) is 2.65. The number of thioether (sulfide) groups is 1. The molecule has 4 rings (SSSR count). The first-order valence-electron chi connectivity index (χ1n) is 11.7. The Morgan fingerprint density at radius 1 is 1.11 bits per heavy atom. The van der Waals surface area contributed by atoms with E-state index in [1.165, 1.54) is 0 Å². The van der Waals surface area contributed by atoms with Gasteiger partial charge in [0.2, 0.25) is 5.91 Å². The minimum atomic E-state index is -0.545. The molecule has 0 spiro atoms. The standard InChI is InChI=1S/C28H24BrClN2O5S/c1-3-36-23-12-19(11-21(29)26(23)37-16-18-7-5-4-6-8-18)13-24-27(34)32(28(35)38-24)15-25(33)31-22-14-20(30)10-9-17(22)2/h4-14H,3,15-16H2,1-2H3,(H,31,33)/b24-13+. The molecule has 1 fully saturated rings. The monoisotopic (exact) mass is 614 g/mol. The summed E-state index contributed by atoms with van der Waals surface area (Å²) in [6.45, 7) is 4.04. The predicted octanol–water partition coefficient (Wildman–Crippen LogP) is 7.06. The number of anilines is 1. The second-order valence-corrected chi connectivity index (χ2v) is 10.6. The van der Waals surface area contributed by atoms with Gasteiger partial charge in [-0.1, -0.05) is 48.0 Å². The van der Waals surface area contributed by atoms with E-state index < -0.39 is 23.6 Å². The molecule has 0 aromatic heterocycles. The van der Waals surface area contributed by atoms with Crippen molar-refractivity contribution in [3.63, 3.8) is 0 Å². The van der Waals surface area contributed by atoms with E-state index in [1.807, 2.05) is 44.2 Å². The summed E-state index contributed by atoms with van der Waals surface area (Å²) in [7, 11) is 0. The highest BCUT2D eigenvalue weighted by Crippen LogP contribution is 2.39. The number of nitrogens with zero attached hydrogens (tertiary/aromatic N) is 1. The number of aryl methyl sites for hydroxylation is 1. The molecule has 3 aromatic carbocycles. The summed E-state index contributed by atoms with van der Waals surface area (Å²) >= 11 is 10.3. The van der Waals surface area contributed by atoms with Crippen molar-refractivity contribution in [1.82, 2.24) is 4.90 Å². The van der Waals surface area contributed by atoms with Gasteiger partial charge in [-0.3, -0.25) is 19.3 Å². The number of carbonyl (C=O) groups is 3. The Labute approximate surface area is 238 Å². The van der Waals surface area contributed by atoms with E-state index in [0.29, 0.717) is 45.5 Å². The maximum Gasteiger partial charge on any atom is 0.294 e. The van der Waals surface area contributed by atoms with E-state index >= 15 is 0 Å². The molecule has 10 heteroatoms. The Hall–Kier alpha value is -3.27. The zero-order valence-corrected chi connectivity index (χ0v) is 23.8. The van der Waals surface area contributed by atoms with Crippen LogP contribution in [-0.4, -0.2) is 35.1 Å². The van der Waals surface area contributed by atoms with Gasteiger partial charge in [-0.15, -0.1) is 0 Å². The lowest BCUT2D eigenvalue weighted by Gasteiger charge is -2.15. The van der Waals surface area contributed by atoms with Crippen molar-refractivity contribution in [2.24, 2.45) is 0 Å². The van der Waals surface area contributed by atoms with Gasteiger partial charge in [0.25, 0.3) is 11.1 Å². The first-order chi connectivity index (χ1) is 18.2. The molecule has 0 atom stereocenters. The highest BCUT2D eigenvalue weighted by molar-refractivity contribution is 9.10. The molecule has 3 aromatic rings. The average Bonchev–Trinajstić information content (AvgIpc) is 3.13. The minimum Gasteiger partial charge on any atom is -0.490 e. The number of rotatable bonds is 9. The molecule has 7 nitrogen and oxygen atoms in total. The van der Waals surface area contributed by atoms with E-state index in [2.05, 4.69) is 21.2 Å². The molecule has 1 N–H and O–H groups in total. The molecule has 0 unspecified atom stereocenters. The maximum absolute atomic E-state index is 13.0. The van der Waals surface area contributed by atoms with Crippen LogP contribution in [0.2, 0.25) is 5.02 Å². The van der Waals surface area contributed by atoms with Gasteiger partial charge in [-0.2, -0.15) is 0 Å². The molecule has 38 heavy (non-hydrogen) atoms. The van der Waals surface area contributed by atoms with Crippen LogP contribution in [0.5, 0.6) is 11.5 Å². The number of hydrogen-bond acceptors (Lipinski definition) is 6. The van der Waals surface area contributed by atoms with Gasteiger partial charge >= 0.3 is 0 Å². The van der Waals surface area contributed by atoms with Crippen molar-refractivity contribution in [2.45, 2.75) is 20.5 Å². The molecule has 0 saturated carbocycles. The number of imide groups is 1. The fourth-order valence-electron chi connectivity index (χ4n) is 3.65. The lowest BCUT2D eigenvalue weighted by atomic mass is 10.1. The van der Waals surface area contributed by atoms with Crippen LogP contribution >= 0.6 is 39.3 Å². The van der Waals surface area contributed by atoms with Gasteiger partial charge in [-0.05, 0) is 88.6 Å². The lowest BCUT2D eigenvalue weighted by Crippen LogP contribution is -2.36. The largest absolute Gasteiger partial charge is 0.490 e. The smallest absolute Gasteiger partial charge is 0.294 e. The van der Waals surface area contributed by atoms with Crippen LogP contribution in [-0.2, 0) is 16.2 Å². The molecule has 1 saturated heterocycles. The quantitative estimate of drug-likeness (QED) is 0.259. The minimum absolute atomic E-state index is 0.203. The number of benzene rings is 3.